The molecule has 0 saturated carbocycles. The number of benzene rings is 1. The second-order valence-electron chi connectivity index (χ2n) is 5.61. The zero-order valence-electron chi connectivity index (χ0n) is 16.3. The molecule has 0 atom stereocenters. The minimum absolute atomic E-state index is 0.122. The molecular formula is C20H31N3O4. The Morgan fingerprint density at radius 3 is 2.04 bits per heavy atom. The summed E-state index contributed by atoms with van der Waals surface area (Å²) in [5.41, 5.74) is 1.49. The molecule has 7 heteroatoms. The minimum atomic E-state index is -0.122. The number of likely N-dealkylation sites (N-methyl/N-ethyl adjacent to an activating group) is 1. The van der Waals surface area contributed by atoms with Crippen molar-refractivity contribution in [2.75, 3.05) is 73.4 Å². The van der Waals surface area contributed by atoms with Gasteiger partial charge in [-0.15, -0.1) is 0 Å². The van der Waals surface area contributed by atoms with Gasteiger partial charge in [-0.2, -0.15) is 0 Å². The molecule has 0 heterocycles. The Kier molecular flexibility index (Phi) is 13.9. The van der Waals surface area contributed by atoms with Gasteiger partial charge in [-0.3, -0.25) is 4.79 Å². The molecule has 0 aromatic heterocycles. The largest absolute Gasteiger partial charge is 0.378 e. The van der Waals surface area contributed by atoms with Crippen molar-refractivity contribution < 1.29 is 19.0 Å². The maximum Gasteiger partial charge on any atom is 0.251 e. The van der Waals surface area contributed by atoms with Crippen LogP contribution in [0.3, 0.4) is 0 Å². The Morgan fingerprint density at radius 1 is 0.852 bits per heavy atom. The van der Waals surface area contributed by atoms with Gasteiger partial charge in [-0.05, 0) is 38.4 Å². The van der Waals surface area contributed by atoms with Gasteiger partial charge in [0.15, 0.2) is 0 Å². The lowest BCUT2D eigenvalue weighted by molar-refractivity contribution is 0.0159. The Hall–Kier alpha value is -1.95. The highest BCUT2D eigenvalue weighted by Gasteiger charge is 2.04. The molecule has 0 bridgehead atoms. The Balaban J connectivity index is 2.03. The third-order valence-electron chi connectivity index (χ3n) is 3.42. The molecule has 0 spiro atoms. The van der Waals surface area contributed by atoms with E-state index in [2.05, 4.69) is 27.8 Å². The van der Waals surface area contributed by atoms with E-state index in [0.717, 1.165) is 12.1 Å². The van der Waals surface area contributed by atoms with Crippen LogP contribution in [0.4, 0.5) is 0 Å². The van der Waals surface area contributed by atoms with E-state index in [4.69, 9.17) is 14.2 Å². The summed E-state index contributed by atoms with van der Waals surface area (Å²) >= 11 is 0. The molecule has 1 aromatic rings. The summed E-state index contributed by atoms with van der Waals surface area (Å²) in [5.74, 6) is 5.88. The number of amides is 1. The van der Waals surface area contributed by atoms with Gasteiger partial charge in [0, 0.05) is 24.2 Å². The lowest BCUT2D eigenvalue weighted by atomic mass is 10.1. The van der Waals surface area contributed by atoms with Gasteiger partial charge in [0.05, 0.1) is 46.2 Å². The van der Waals surface area contributed by atoms with Gasteiger partial charge in [-0.25, -0.2) is 0 Å². The molecule has 0 unspecified atom stereocenters. The number of nitrogens with one attached hydrogen (secondary N) is 3. The summed E-state index contributed by atoms with van der Waals surface area (Å²) in [4.78, 5) is 12.0. The molecule has 0 aliphatic heterocycles. The number of carbonyl (C=O) groups is 1. The molecule has 0 fully saturated rings. The van der Waals surface area contributed by atoms with Crippen LogP contribution in [-0.2, 0) is 14.2 Å². The van der Waals surface area contributed by atoms with Crippen LogP contribution >= 0.6 is 0 Å². The van der Waals surface area contributed by atoms with Gasteiger partial charge in [-0.1, -0.05) is 11.8 Å². The third-order valence-corrected chi connectivity index (χ3v) is 3.42. The van der Waals surface area contributed by atoms with Gasteiger partial charge in [0.1, 0.15) is 0 Å². The van der Waals surface area contributed by atoms with E-state index >= 15 is 0 Å². The van der Waals surface area contributed by atoms with Crippen LogP contribution in [0.5, 0.6) is 0 Å². The first-order valence-corrected chi connectivity index (χ1v) is 9.17. The minimum Gasteiger partial charge on any atom is -0.378 e. The van der Waals surface area contributed by atoms with Crippen molar-refractivity contribution in [3.8, 4) is 11.8 Å². The van der Waals surface area contributed by atoms with Gasteiger partial charge >= 0.3 is 0 Å². The highest BCUT2D eigenvalue weighted by molar-refractivity contribution is 5.94. The monoisotopic (exact) mass is 377 g/mol. The Morgan fingerprint density at radius 2 is 1.44 bits per heavy atom. The number of rotatable bonds is 14. The number of hydrogen-bond donors (Lipinski definition) is 3. The molecule has 7 nitrogen and oxygen atoms in total. The first-order chi connectivity index (χ1) is 13.3. The van der Waals surface area contributed by atoms with E-state index in [0.29, 0.717) is 58.3 Å². The number of hydrogen-bond acceptors (Lipinski definition) is 6. The average molecular weight is 377 g/mol. The summed E-state index contributed by atoms with van der Waals surface area (Å²) in [6.07, 6.45) is 0. The smallest absolute Gasteiger partial charge is 0.251 e. The van der Waals surface area contributed by atoms with Crippen LogP contribution in [-0.4, -0.2) is 79.3 Å². The van der Waals surface area contributed by atoms with Crippen molar-refractivity contribution in [2.24, 2.45) is 0 Å². The van der Waals surface area contributed by atoms with Crippen LogP contribution < -0.4 is 16.0 Å². The maximum absolute atomic E-state index is 12.0. The summed E-state index contributed by atoms with van der Waals surface area (Å²) in [7, 11) is 3.74. The summed E-state index contributed by atoms with van der Waals surface area (Å²) in [6, 6.07) is 7.22. The van der Waals surface area contributed by atoms with E-state index in [1.54, 1.807) is 12.1 Å². The first-order valence-electron chi connectivity index (χ1n) is 9.17. The SMILES string of the molecule is CNCC#Cc1ccc(C(=O)NCCOCCOCCOCCNC)cc1. The Labute approximate surface area is 162 Å². The molecule has 27 heavy (non-hydrogen) atoms. The molecular weight excluding hydrogens is 346 g/mol. The van der Waals surface area contributed by atoms with Crippen molar-refractivity contribution in [1.29, 1.82) is 0 Å². The van der Waals surface area contributed by atoms with Crippen molar-refractivity contribution in [3.63, 3.8) is 0 Å². The van der Waals surface area contributed by atoms with Gasteiger partial charge in [0.25, 0.3) is 5.91 Å². The maximum atomic E-state index is 12.0. The molecule has 3 N–H and O–H groups in total. The lowest BCUT2D eigenvalue weighted by Crippen LogP contribution is -2.27. The fourth-order valence-corrected chi connectivity index (χ4v) is 1.99. The van der Waals surface area contributed by atoms with Gasteiger partial charge in [0.2, 0.25) is 0 Å². The molecule has 0 aliphatic rings. The average Bonchev–Trinajstić information content (AvgIpc) is 2.69. The molecule has 0 aliphatic carbocycles. The predicted octanol–water partition coefficient (Wildman–Crippen LogP) is 0.257. The third kappa shape index (κ3) is 12.1. The normalized spacial score (nSPS) is 10.3. The summed E-state index contributed by atoms with van der Waals surface area (Å²) < 4.78 is 16.1. The first kappa shape index (κ1) is 23.1. The quantitative estimate of drug-likeness (QED) is 0.319. The molecule has 1 rings (SSSR count). The molecule has 0 radical (unpaired) electrons. The van der Waals surface area contributed by atoms with Gasteiger partial charge < -0.3 is 30.2 Å². The van der Waals surface area contributed by atoms with Crippen LogP contribution in [0, 0.1) is 11.8 Å². The molecule has 1 aromatic carbocycles. The van der Waals surface area contributed by atoms with Crippen LogP contribution in [0.2, 0.25) is 0 Å². The zero-order chi connectivity index (χ0) is 19.6. The van der Waals surface area contributed by atoms with Crippen molar-refractivity contribution in [2.45, 2.75) is 0 Å². The van der Waals surface area contributed by atoms with Crippen LogP contribution in [0.15, 0.2) is 24.3 Å². The number of ether oxygens (including phenoxy) is 3. The highest BCUT2D eigenvalue weighted by Crippen LogP contribution is 2.03. The van der Waals surface area contributed by atoms with E-state index in [1.165, 1.54) is 0 Å². The predicted molar refractivity (Wildman–Crippen MR) is 106 cm³/mol. The fraction of sp³-hybridized carbons (Fsp3) is 0.550. The summed E-state index contributed by atoms with van der Waals surface area (Å²) in [5, 5.41) is 8.79. The molecule has 0 saturated heterocycles. The Bertz CT molecular complexity index is 567. The fourth-order valence-electron chi connectivity index (χ4n) is 1.99. The van der Waals surface area contributed by atoms with Crippen molar-refractivity contribution in [1.82, 2.24) is 16.0 Å². The van der Waals surface area contributed by atoms with Crippen molar-refractivity contribution in [3.05, 3.63) is 35.4 Å². The topological polar surface area (TPSA) is 80.9 Å². The zero-order valence-corrected chi connectivity index (χ0v) is 16.3. The van der Waals surface area contributed by atoms with E-state index in [1.807, 2.05) is 26.2 Å². The standard InChI is InChI=1S/C20H31N3O4/c1-21-9-3-4-18-5-7-19(8-6-18)20(24)23-11-13-26-15-17-27-16-14-25-12-10-22-2/h5-8,21-22H,9-17H2,1-2H3,(H,23,24). The van der Waals surface area contributed by atoms with Crippen LogP contribution in [0.1, 0.15) is 15.9 Å². The van der Waals surface area contributed by atoms with E-state index in [-0.39, 0.29) is 5.91 Å². The number of carbonyl (C=O) groups excluding carboxylic acids is 1. The lowest BCUT2D eigenvalue weighted by Gasteiger charge is -2.08. The second-order valence-corrected chi connectivity index (χ2v) is 5.61. The molecule has 1 amide bonds. The molecule has 150 valence electrons. The van der Waals surface area contributed by atoms with E-state index in [9.17, 15) is 4.79 Å². The van der Waals surface area contributed by atoms with Crippen molar-refractivity contribution >= 4 is 5.91 Å². The van der Waals surface area contributed by atoms with E-state index < -0.39 is 0 Å². The summed E-state index contributed by atoms with van der Waals surface area (Å²) in [6.45, 7) is 5.20. The second kappa shape index (κ2) is 16.2. The van der Waals surface area contributed by atoms with Crippen LogP contribution in [0.25, 0.3) is 0 Å². The highest BCUT2D eigenvalue weighted by atomic mass is 16.5.